The largest absolute Gasteiger partial charge is 0.573 e. The average Bonchev–Trinajstić information content (AvgIpc) is 3.23. The molecule has 2 aliphatic rings. The lowest BCUT2D eigenvalue weighted by Gasteiger charge is -2.38. The highest BCUT2D eigenvalue weighted by molar-refractivity contribution is 5.68. The van der Waals surface area contributed by atoms with Crippen molar-refractivity contribution < 1.29 is 32.2 Å². The number of carbonyl (C=O) groups is 1. The summed E-state index contributed by atoms with van der Waals surface area (Å²) in [6.07, 6.45) is -3.25. The maximum Gasteiger partial charge on any atom is 0.573 e. The molecule has 0 spiro atoms. The van der Waals surface area contributed by atoms with Crippen LogP contribution in [0.2, 0.25) is 0 Å². The summed E-state index contributed by atoms with van der Waals surface area (Å²) in [5.74, 6) is 0.132. The van der Waals surface area contributed by atoms with Crippen molar-refractivity contribution in [2.45, 2.75) is 71.5 Å². The Bertz CT molecular complexity index is 1070. The number of fused-ring (bicyclic) bond motifs is 2. The van der Waals surface area contributed by atoms with E-state index in [1.807, 2.05) is 34.6 Å². The van der Waals surface area contributed by atoms with Crippen molar-refractivity contribution in [1.82, 2.24) is 19.7 Å². The number of hydrogen-bond donors (Lipinski definition) is 1. The van der Waals surface area contributed by atoms with E-state index in [1.165, 1.54) is 22.9 Å². The molecule has 2 fully saturated rings. The van der Waals surface area contributed by atoms with Crippen molar-refractivity contribution in [2.24, 2.45) is 11.8 Å². The molecule has 1 aromatic carbocycles. The Labute approximate surface area is 207 Å². The van der Waals surface area contributed by atoms with Crippen molar-refractivity contribution in [2.75, 3.05) is 18.4 Å². The van der Waals surface area contributed by atoms with Crippen LogP contribution in [0.1, 0.15) is 53.5 Å². The fourth-order valence-electron chi connectivity index (χ4n) is 4.70. The van der Waals surface area contributed by atoms with Gasteiger partial charge in [0.15, 0.2) is 11.5 Å². The predicted molar refractivity (Wildman–Crippen MR) is 125 cm³/mol. The number of ether oxygens (including phenoxy) is 3. The summed E-state index contributed by atoms with van der Waals surface area (Å²) in [4.78, 5) is 18.8. The molecule has 1 unspecified atom stereocenters. The van der Waals surface area contributed by atoms with Gasteiger partial charge in [-0.25, -0.2) is 9.48 Å². The lowest BCUT2D eigenvalue weighted by atomic mass is 9.92. The molecule has 1 aromatic heterocycles. The zero-order valence-electron chi connectivity index (χ0n) is 21.0. The molecular weight excluding hydrogens is 479 g/mol. The Morgan fingerprint density at radius 1 is 1.08 bits per heavy atom. The number of para-hydroxylation sites is 2. The number of anilines is 1. The first kappa shape index (κ1) is 25.9. The molecular formula is C24H32F3N5O4. The van der Waals surface area contributed by atoms with Gasteiger partial charge in [0, 0.05) is 19.1 Å². The van der Waals surface area contributed by atoms with Gasteiger partial charge >= 0.3 is 18.5 Å². The number of halogens is 3. The van der Waals surface area contributed by atoms with E-state index in [2.05, 4.69) is 20.1 Å². The summed E-state index contributed by atoms with van der Waals surface area (Å²) in [5.41, 5.74) is -0.557. The topological polar surface area (TPSA) is 90.7 Å². The quantitative estimate of drug-likeness (QED) is 0.539. The molecule has 0 radical (unpaired) electrons. The molecule has 2 heterocycles. The summed E-state index contributed by atoms with van der Waals surface area (Å²) in [6, 6.07) is 5.46. The number of benzene rings is 1. The van der Waals surface area contributed by atoms with Crippen LogP contribution in [0.3, 0.4) is 0 Å². The molecule has 1 saturated heterocycles. The van der Waals surface area contributed by atoms with Gasteiger partial charge in [0.05, 0.1) is 6.04 Å². The lowest BCUT2D eigenvalue weighted by molar-refractivity contribution is -0.275. The van der Waals surface area contributed by atoms with E-state index in [9.17, 15) is 18.0 Å². The number of amides is 1. The number of nitrogens with zero attached hydrogens (tertiary/aromatic N) is 4. The van der Waals surface area contributed by atoms with E-state index in [4.69, 9.17) is 9.47 Å². The van der Waals surface area contributed by atoms with Gasteiger partial charge in [-0.2, -0.15) is 4.98 Å². The van der Waals surface area contributed by atoms with E-state index in [0.717, 1.165) is 12.8 Å². The maximum atomic E-state index is 12.8. The van der Waals surface area contributed by atoms with Crippen LogP contribution >= 0.6 is 0 Å². The van der Waals surface area contributed by atoms with Gasteiger partial charge in [0.1, 0.15) is 5.60 Å². The monoisotopic (exact) mass is 511 g/mol. The van der Waals surface area contributed by atoms with Crippen LogP contribution in [0.4, 0.5) is 23.9 Å². The lowest BCUT2D eigenvalue weighted by Crippen LogP contribution is -2.51. The minimum absolute atomic E-state index is 0.0456. The third-order valence-electron chi connectivity index (χ3n) is 6.15. The fraction of sp³-hybridized carbons (Fsp3) is 0.625. The molecule has 3 atom stereocenters. The molecule has 9 nitrogen and oxygen atoms in total. The molecule has 36 heavy (non-hydrogen) atoms. The second-order valence-corrected chi connectivity index (χ2v) is 10.5. The molecule has 2 aromatic rings. The van der Waals surface area contributed by atoms with Gasteiger partial charge < -0.3 is 24.4 Å². The molecule has 1 amide bonds. The Morgan fingerprint density at radius 3 is 2.25 bits per heavy atom. The molecule has 2 bridgehead atoms. The minimum atomic E-state index is -4.86. The first-order valence-corrected chi connectivity index (χ1v) is 12.0. The second kappa shape index (κ2) is 9.70. The number of likely N-dealkylation sites (tertiary alicyclic amines) is 1. The van der Waals surface area contributed by atoms with Crippen LogP contribution in [0.25, 0.3) is 0 Å². The standard InChI is InChI=1S/C24H32F3N5O4/c1-14(2)32-21(34-17-8-6-7-9-18(17)35-24(25,26)27)29-20(30-32)28-19-15-10-11-16(19)13-31(12-15)22(33)36-23(3,4)5/h6-9,14-16,19H,10-13H2,1-5H3,(H,28,30)/t15-,16+,19?. The molecule has 1 saturated carbocycles. The number of carbonyl (C=O) groups excluding carboxylic acids is 1. The maximum absolute atomic E-state index is 12.8. The summed E-state index contributed by atoms with van der Waals surface area (Å²) < 4.78 is 55.3. The molecule has 1 N–H and O–H groups in total. The SMILES string of the molecule is CC(C)n1nc(NC2[C@@H]3CC[C@H]2CN(C(=O)OC(C)(C)C)C3)nc1Oc1ccccc1OC(F)(F)F. The van der Waals surface area contributed by atoms with Gasteiger partial charge in [-0.05, 0) is 71.4 Å². The molecule has 4 rings (SSSR count). The van der Waals surface area contributed by atoms with Crippen LogP contribution in [-0.4, -0.2) is 56.9 Å². The highest BCUT2D eigenvalue weighted by Crippen LogP contribution is 2.40. The Morgan fingerprint density at radius 2 is 1.69 bits per heavy atom. The van der Waals surface area contributed by atoms with Gasteiger partial charge in [0.2, 0.25) is 5.95 Å². The van der Waals surface area contributed by atoms with E-state index in [-0.39, 0.29) is 41.8 Å². The third kappa shape index (κ3) is 6.14. The van der Waals surface area contributed by atoms with Crippen LogP contribution < -0.4 is 14.8 Å². The first-order chi connectivity index (χ1) is 16.8. The smallest absolute Gasteiger partial charge is 0.444 e. The van der Waals surface area contributed by atoms with Gasteiger partial charge in [0.25, 0.3) is 0 Å². The van der Waals surface area contributed by atoms with Gasteiger partial charge in [-0.1, -0.05) is 12.1 Å². The Balaban J connectivity index is 1.49. The summed E-state index contributed by atoms with van der Waals surface area (Å²) in [5, 5.41) is 7.90. The van der Waals surface area contributed by atoms with E-state index in [1.54, 1.807) is 11.0 Å². The van der Waals surface area contributed by atoms with Crippen LogP contribution in [-0.2, 0) is 4.74 Å². The molecule has 198 valence electrons. The summed E-state index contributed by atoms with van der Waals surface area (Å²) in [7, 11) is 0. The van der Waals surface area contributed by atoms with Crippen molar-refractivity contribution in [3.05, 3.63) is 24.3 Å². The van der Waals surface area contributed by atoms with Crippen LogP contribution in [0.15, 0.2) is 24.3 Å². The van der Waals surface area contributed by atoms with E-state index in [0.29, 0.717) is 19.0 Å². The van der Waals surface area contributed by atoms with E-state index >= 15 is 0 Å². The van der Waals surface area contributed by atoms with Crippen molar-refractivity contribution in [3.8, 4) is 17.5 Å². The molecule has 12 heteroatoms. The number of hydrogen-bond acceptors (Lipinski definition) is 7. The number of rotatable bonds is 6. The molecule has 1 aliphatic heterocycles. The highest BCUT2D eigenvalue weighted by atomic mass is 19.4. The van der Waals surface area contributed by atoms with E-state index < -0.39 is 17.7 Å². The Hall–Kier alpha value is -3.18. The second-order valence-electron chi connectivity index (χ2n) is 10.5. The zero-order valence-corrected chi connectivity index (χ0v) is 21.0. The van der Waals surface area contributed by atoms with Crippen molar-refractivity contribution >= 4 is 12.0 Å². The summed E-state index contributed by atoms with van der Waals surface area (Å²) >= 11 is 0. The van der Waals surface area contributed by atoms with Gasteiger partial charge in [-0.15, -0.1) is 18.3 Å². The number of piperidine rings is 1. The normalized spacial score (nSPS) is 22.0. The van der Waals surface area contributed by atoms with Crippen molar-refractivity contribution in [3.63, 3.8) is 0 Å². The van der Waals surface area contributed by atoms with Crippen molar-refractivity contribution in [1.29, 1.82) is 0 Å². The summed E-state index contributed by atoms with van der Waals surface area (Å²) in [6.45, 7) is 10.4. The first-order valence-electron chi connectivity index (χ1n) is 12.0. The third-order valence-corrected chi connectivity index (χ3v) is 6.15. The number of aromatic nitrogens is 3. The average molecular weight is 512 g/mol. The Kier molecular flexibility index (Phi) is 6.98. The minimum Gasteiger partial charge on any atom is -0.444 e. The predicted octanol–water partition coefficient (Wildman–Crippen LogP) is 5.61. The molecule has 1 aliphatic carbocycles. The zero-order chi connectivity index (χ0) is 26.3. The fourth-order valence-corrected chi connectivity index (χ4v) is 4.70. The number of nitrogens with one attached hydrogen (secondary N) is 1. The van der Waals surface area contributed by atoms with Gasteiger partial charge in [-0.3, -0.25) is 0 Å². The number of alkyl halides is 3. The highest BCUT2D eigenvalue weighted by Gasteiger charge is 2.44. The van der Waals surface area contributed by atoms with Crippen LogP contribution in [0, 0.1) is 11.8 Å². The van der Waals surface area contributed by atoms with Crippen LogP contribution in [0.5, 0.6) is 17.5 Å².